The molecule has 32 heavy (non-hydrogen) atoms. The summed E-state index contributed by atoms with van der Waals surface area (Å²) in [5.41, 5.74) is 2.00. The highest BCUT2D eigenvalue weighted by atomic mass is 127. The van der Waals surface area contributed by atoms with Crippen molar-refractivity contribution in [3.63, 3.8) is 0 Å². The number of morpholine rings is 1. The van der Waals surface area contributed by atoms with E-state index in [1.54, 1.807) is 11.3 Å². The summed E-state index contributed by atoms with van der Waals surface area (Å²) in [6.45, 7) is 8.97. The zero-order chi connectivity index (χ0) is 21.9. The second kappa shape index (κ2) is 14.5. The number of guanidine groups is 1. The third-order valence-electron chi connectivity index (χ3n) is 5.16. The van der Waals surface area contributed by atoms with Crippen LogP contribution in [0.1, 0.15) is 30.3 Å². The van der Waals surface area contributed by atoms with Gasteiger partial charge in [-0.25, -0.2) is 4.99 Å². The van der Waals surface area contributed by atoms with E-state index in [1.165, 1.54) is 10.4 Å². The van der Waals surface area contributed by atoms with Crippen LogP contribution < -0.4 is 16.0 Å². The van der Waals surface area contributed by atoms with E-state index in [0.29, 0.717) is 12.5 Å². The fourth-order valence-corrected chi connectivity index (χ4v) is 4.40. The maximum atomic E-state index is 12.4. The Labute approximate surface area is 212 Å². The molecule has 0 bridgehead atoms. The number of nitrogens with one attached hydrogen (secondary N) is 3. The molecule has 176 valence electrons. The van der Waals surface area contributed by atoms with Crippen LogP contribution in [-0.4, -0.2) is 62.7 Å². The number of aryl methyl sites for hydroxylation is 1. The van der Waals surface area contributed by atoms with Crippen LogP contribution in [0, 0.1) is 0 Å². The quantitative estimate of drug-likeness (QED) is 0.244. The monoisotopic (exact) mass is 571 g/mol. The van der Waals surface area contributed by atoms with E-state index in [4.69, 9.17) is 4.74 Å². The third-order valence-corrected chi connectivity index (χ3v) is 6.14. The van der Waals surface area contributed by atoms with Gasteiger partial charge >= 0.3 is 0 Å². The van der Waals surface area contributed by atoms with Crippen molar-refractivity contribution < 1.29 is 9.53 Å². The lowest BCUT2D eigenvalue weighted by molar-refractivity contribution is -0.114. The smallest absolute Gasteiger partial charge is 0.246 e. The third kappa shape index (κ3) is 8.34. The molecule has 1 fully saturated rings. The van der Waals surface area contributed by atoms with E-state index in [9.17, 15) is 4.79 Å². The molecule has 2 aromatic rings. The van der Waals surface area contributed by atoms with E-state index >= 15 is 0 Å². The Morgan fingerprint density at radius 1 is 1.19 bits per heavy atom. The summed E-state index contributed by atoms with van der Waals surface area (Å²) in [4.78, 5) is 20.7. The van der Waals surface area contributed by atoms with Gasteiger partial charge in [0.25, 0.3) is 0 Å². The van der Waals surface area contributed by atoms with Gasteiger partial charge in [-0.15, -0.1) is 35.3 Å². The maximum absolute atomic E-state index is 12.4. The Balaban J connectivity index is 0.00000363. The lowest BCUT2D eigenvalue weighted by Crippen LogP contribution is -2.46. The number of hydrogen-bond donors (Lipinski definition) is 3. The zero-order valence-corrected chi connectivity index (χ0v) is 21.9. The van der Waals surface area contributed by atoms with Gasteiger partial charge in [-0.3, -0.25) is 9.69 Å². The van der Waals surface area contributed by atoms with Crippen molar-refractivity contribution in [2.75, 3.05) is 51.3 Å². The highest BCUT2D eigenvalue weighted by Gasteiger charge is 2.23. The normalized spacial score (nSPS) is 15.5. The molecule has 3 N–H and O–H groups in total. The number of ether oxygens (including phenoxy) is 1. The molecule has 1 atom stereocenters. The average molecular weight is 572 g/mol. The van der Waals surface area contributed by atoms with Gasteiger partial charge in [-0.1, -0.05) is 25.1 Å². The number of amides is 1. The van der Waals surface area contributed by atoms with Gasteiger partial charge in [0.05, 0.1) is 19.3 Å². The van der Waals surface area contributed by atoms with E-state index in [2.05, 4.69) is 56.3 Å². The molecule has 1 aromatic heterocycles. The summed E-state index contributed by atoms with van der Waals surface area (Å²) >= 11 is 1.77. The standard InChI is InChI=1S/C23H33N5O2S.HI/c1-3-18-7-5-8-19(15-18)27-22(29)17-26-23(24-4-2)25-16-20(21-9-6-14-31-21)28-10-12-30-13-11-28;/h5-9,14-15,20H,3-4,10-13,16-17H2,1-2H3,(H,27,29)(H2,24,25,26);1H. The van der Waals surface area contributed by atoms with Crippen LogP contribution in [0.5, 0.6) is 0 Å². The van der Waals surface area contributed by atoms with Crippen molar-refractivity contribution in [2.24, 2.45) is 4.99 Å². The molecule has 1 aromatic carbocycles. The predicted octanol–water partition coefficient (Wildman–Crippen LogP) is 3.50. The van der Waals surface area contributed by atoms with Crippen molar-refractivity contribution in [1.29, 1.82) is 0 Å². The fraction of sp³-hybridized carbons (Fsp3) is 0.478. The molecule has 1 saturated heterocycles. The minimum Gasteiger partial charge on any atom is -0.379 e. The molecule has 1 amide bonds. The molecule has 7 nitrogen and oxygen atoms in total. The Kier molecular flexibility index (Phi) is 12.0. The highest BCUT2D eigenvalue weighted by Crippen LogP contribution is 2.25. The number of carbonyl (C=O) groups is 1. The topological polar surface area (TPSA) is 78.0 Å². The summed E-state index contributed by atoms with van der Waals surface area (Å²) < 4.78 is 5.52. The molecule has 0 saturated carbocycles. The summed E-state index contributed by atoms with van der Waals surface area (Å²) in [6, 6.07) is 12.4. The van der Waals surface area contributed by atoms with Crippen molar-refractivity contribution in [2.45, 2.75) is 26.3 Å². The van der Waals surface area contributed by atoms with Crippen LogP contribution >= 0.6 is 35.3 Å². The number of thiophene rings is 1. The molecule has 0 radical (unpaired) electrons. The molecular formula is C23H34IN5O2S. The van der Waals surface area contributed by atoms with Crippen LogP contribution in [0.15, 0.2) is 46.8 Å². The predicted molar refractivity (Wildman–Crippen MR) is 143 cm³/mol. The molecule has 1 unspecified atom stereocenters. The molecular weight excluding hydrogens is 537 g/mol. The Bertz CT molecular complexity index is 841. The highest BCUT2D eigenvalue weighted by molar-refractivity contribution is 14.0. The Hall–Kier alpha value is -1.69. The second-order valence-corrected chi connectivity index (χ2v) is 8.34. The molecule has 1 aliphatic rings. The lowest BCUT2D eigenvalue weighted by atomic mass is 10.1. The first-order chi connectivity index (χ1) is 15.2. The first kappa shape index (κ1) is 26.6. The number of anilines is 1. The van der Waals surface area contributed by atoms with Crippen molar-refractivity contribution in [3.05, 3.63) is 52.2 Å². The molecule has 1 aliphatic heterocycles. The number of rotatable bonds is 9. The number of halogens is 1. The van der Waals surface area contributed by atoms with Gasteiger partial charge in [0.15, 0.2) is 5.96 Å². The van der Waals surface area contributed by atoms with Crippen molar-refractivity contribution >= 4 is 52.9 Å². The Morgan fingerprint density at radius 3 is 2.69 bits per heavy atom. The van der Waals surface area contributed by atoms with Gasteiger partial charge in [0.1, 0.15) is 6.54 Å². The summed E-state index contributed by atoms with van der Waals surface area (Å²) in [5, 5.41) is 11.7. The number of hydrogen-bond acceptors (Lipinski definition) is 5. The SMILES string of the molecule is CCNC(=NCC(=O)Nc1cccc(CC)c1)NCC(c1cccs1)N1CCOCC1.I. The first-order valence-corrected chi connectivity index (χ1v) is 11.8. The van der Waals surface area contributed by atoms with E-state index in [1.807, 2.05) is 25.1 Å². The van der Waals surface area contributed by atoms with E-state index < -0.39 is 0 Å². The minimum absolute atomic E-state index is 0. The second-order valence-electron chi connectivity index (χ2n) is 7.36. The van der Waals surface area contributed by atoms with Gasteiger partial charge in [0.2, 0.25) is 5.91 Å². The molecule has 2 heterocycles. The summed E-state index contributed by atoms with van der Waals surface area (Å²) in [6.07, 6.45) is 0.935. The molecule has 0 aliphatic carbocycles. The van der Waals surface area contributed by atoms with Crippen molar-refractivity contribution in [3.8, 4) is 0 Å². The summed E-state index contributed by atoms with van der Waals surface area (Å²) in [5.74, 6) is 0.517. The maximum Gasteiger partial charge on any atom is 0.246 e. The molecule has 3 rings (SSSR count). The van der Waals surface area contributed by atoms with Gasteiger partial charge < -0.3 is 20.7 Å². The summed E-state index contributed by atoms with van der Waals surface area (Å²) in [7, 11) is 0. The number of nitrogens with zero attached hydrogens (tertiary/aromatic N) is 2. The van der Waals surface area contributed by atoms with Gasteiger partial charge in [-0.2, -0.15) is 0 Å². The Morgan fingerprint density at radius 2 is 2.00 bits per heavy atom. The van der Waals surface area contributed by atoms with Gasteiger partial charge in [-0.05, 0) is 42.5 Å². The number of carbonyl (C=O) groups excluding carboxylic acids is 1. The van der Waals surface area contributed by atoms with Crippen LogP contribution in [0.3, 0.4) is 0 Å². The van der Waals surface area contributed by atoms with Crippen LogP contribution in [0.2, 0.25) is 0 Å². The lowest BCUT2D eigenvalue weighted by Gasteiger charge is -2.34. The van der Waals surface area contributed by atoms with Crippen LogP contribution in [0.25, 0.3) is 0 Å². The zero-order valence-electron chi connectivity index (χ0n) is 18.8. The van der Waals surface area contributed by atoms with Crippen LogP contribution in [-0.2, 0) is 16.0 Å². The van der Waals surface area contributed by atoms with Crippen molar-refractivity contribution in [1.82, 2.24) is 15.5 Å². The molecule has 9 heteroatoms. The largest absolute Gasteiger partial charge is 0.379 e. The molecule has 0 spiro atoms. The number of benzene rings is 1. The number of aliphatic imine (C=N–C) groups is 1. The van der Waals surface area contributed by atoms with E-state index in [-0.39, 0.29) is 42.5 Å². The van der Waals surface area contributed by atoms with Gasteiger partial charge in [0, 0.05) is 36.7 Å². The minimum atomic E-state index is -0.131. The fourth-order valence-electron chi connectivity index (χ4n) is 3.54. The van der Waals surface area contributed by atoms with E-state index in [0.717, 1.165) is 45.0 Å². The van der Waals surface area contributed by atoms with Crippen LogP contribution in [0.4, 0.5) is 5.69 Å². The first-order valence-electron chi connectivity index (χ1n) is 11.0. The average Bonchev–Trinajstić information content (AvgIpc) is 3.33.